The van der Waals surface area contributed by atoms with Crippen LogP contribution in [0.5, 0.6) is 11.5 Å². The first-order chi connectivity index (χ1) is 20.3. The van der Waals surface area contributed by atoms with Crippen molar-refractivity contribution in [2.45, 2.75) is 9.79 Å². The van der Waals surface area contributed by atoms with Crippen molar-refractivity contribution in [2.75, 3.05) is 10.2 Å². The quantitative estimate of drug-likeness (QED) is 0.221. The van der Waals surface area contributed by atoms with Gasteiger partial charge in [0.1, 0.15) is 0 Å². The van der Waals surface area contributed by atoms with E-state index in [-0.39, 0.29) is 0 Å². The third-order valence-corrected chi connectivity index (χ3v) is 9.39. The third-order valence-electron chi connectivity index (χ3n) is 8.26. The Kier molecular flexibility index (Phi) is 4.93. The largest absolute Gasteiger partial charge is 0.453 e. The number of benzene rings is 6. The molecule has 1 N–H and O–H groups in total. The molecule has 3 aliphatic heterocycles. The van der Waals surface area contributed by atoms with Crippen molar-refractivity contribution in [3.63, 3.8) is 0 Å². The van der Waals surface area contributed by atoms with Crippen LogP contribution in [-0.2, 0) is 0 Å². The Hall–Kier alpha value is -4.87. The van der Waals surface area contributed by atoms with Crippen LogP contribution in [0, 0.1) is 0 Å². The van der Waals surface area contributed by atoms with Crippen LogP contribution in [0.15, 0.2) is 137 Å². The van der Waals surface area contributed by atoms with Crippen molar-refractivity contribution in [2.24, 2.45) is 0 Å². The monoisotopic (exact) mass is 542 g/mol. The molecule has 9 rings (SSSR count). The Morgan fingerprint density at radius 2 is 1.39 bits per heavy atom. The van der Waals surface area contributed by atoms with Gasteiger partial charge in [-0.1, -0.05) is 96.1 Å². The molecule has 0 unspecified atom stereocenters. The van der Waals surface area contributed by atoms with Gasteiger partial charge in [-0.15, -0.1) is 0 Å². The number of hydrogen-bond acceptors (Lipinski definition) is 4. The van der Waals surface area contributed by atoms with Crippen LogP contribution >= 0.6 is 11.8 Å². The minimum atomic E-state index is 0.832. The molecule has 0 saturated carbocycles. The minimum Gasteiger partial charge on any atom is -0.453 e. The molecule has 0 amide bonds. The lowest BCUT2D eigenvalue weighted by Crippen LogP contribution is -2.42. The van der Waals surface area contributed by atoms with Crippen molar-refractivity contribution in [1.29, 1.82) is 0 Å². The Bertz CT molecular complexity index is 2020. The molecule has 0 aliphatic carbocycles. The van der Waals surface area contributed by atoms with Gasteiger partial charge in [0.05, 0.1) is 22.7 Å². The lowest BCUT2D eigenvalue weighted by Gasteiger charge is -2.39. The van der Waals surface area contributed by atoms with Gasteiger partial charge in [0.2, 0.25) is 0 Å². The number of anilines is 5. The first-order valence-electron chi connectivity index (χ1n) is 13.9. The Morgan fingerprint density at radius 3 is 2.34 bits per heavy atom. The van der Waals surface area contributed by atoms with Gasteiger partial charge in [0, 0.05) is 21.0 Å². The van der Waals surface area contributed by atoms with Gasteiger partial charge in [-0.3, -0.25) is 0 Å². The van der Waals surface area contributed by atoms with Crippen molar-refractivity contribution in [3.8, 4) is 33.8 Å². The van der Waals surface area contributed by atoms with E-state index in [4.69, 9.17) is 4.74 Å². The summed E-state index contributed by atoms with van der Waals surface area (Å²) in [5.41, 5.74) is 13.2. The van der Waals surface area contributed by atoms with Crippen LogP contribution in [0.2, 0.25) is 0 Å². The number of nitrogens with one attached hydrogen (secondary N) is 1. The SMILES string of the molecule is B1c2cccc3c2N(c2ccccc2O3)c2cc(-c3ccccc3)cc(-c3cccc4c3Nc3ccccc3S4)c21. The van der Waals surface area contributed by atoms with Crippen molar-refractivity contribution < 1.29 is 4.74 Å². The maximum atomic E-state index is 6.42. The van der Waals surface area contributed by atoms with Gasteiger partial charge >= 0.3 is 0 Å². The van der Waals surface area contributed by atoms with E-state index < -0.39 is 0 Å². The molecular formula is C36H23BN2OS. The lowest BCUT2D eigenvalue weighted by atomic mass is 9.57. The summed E-state index contributed by atoms with van der Waals surface area (Å²) in [6, 6.07) is 45.5. The molecule has 3 aliphatic rings. The maximum Gasteiger partial charge on any atom is 0.198 e. The molecule has 0 atom stereocenters. The molecule has 0 spiro atoms. The van der Waals surface area contributed by atoms with Gasteiger partial charge < -0.3 is 15.0 Å². The van der Waals surface area contributed by atoms with Crippen LogP contribution in [0.4, 0.5) is 28.4 Å². The molecule has 6 aromatic rings. The Balaban J connectivity index is 1.33. The predicted octanol–water partition coefficient (Wildman–Crippen LogP) is 8.51. The van der Waals surface area contributed by atoms with Crippen LogP contribution in [-0.4, -0.2) is 7.28 Å². The van der Waals surface area contributed by atoms with E-state index in [0.717, 1.165) is 35.8 Å². The third kappa shape index (κ3) is 3.49. The van der Waals surface area contributed by atoms with Crippen LogP contribution in [0.3, 0.4) is 0 Å². The van der Waals surface area contributed by atoms with E-state index >= 15 is 0 Å². The molecule has 0 saturated heterocycles. The number of nitrogens with zero attached hydrogens (tertiary/aromatic N) is 1. The zero-order valence-electron chi connectivity index (χ0n) is 22.1. The number of ether oxygens (including phenoxy) is 1. The fourth-order valence-corrected chi connectivity index (χ4v) is 7.44. The molecule has 0 radical (unpaired) electrons. The van der Waals surface area contributed by atoms with E-state index in [0.29, 0.717) is 0 Å². The topological polar surface area (TPSA) is 24.5 Å². The van der Waals surface area contributed by atoms with E-state index in [2.05, 4.69) is 132 Å². The second-order valence-electron chi connectivity index (χ2n) is 10.6. The molecule has 192 valence electrons. The second-order valence-corrected chi connectivity index (χ2v) is 11.7. The highest BCUT2D eigenvalue weighted by Gasteiger charge is 2.35. The minimum absolute atomic E-state index is 0.832. The molecule has 3 nitrogen and oxygen atoms in total. The highest BCUT2D eigenvalue weighted by Crippen LogP contribution is 2.52. The van der Waals surface area contributed by atoms with Crippen LogP contribution < -0.4 is 25.9 Å². The lowest BCUT2D eigenvalue weighted by molar-refractivity contribution is 0.477. The summed E-state index contributed by atoms with van der Waals surface area (Å²) in [6.07, 6.45) is 0. The zero-order valence-corrected chi connectivity index (χ0v) is 22.9. The van der Waals surface area contributed by atoms with Crippen molar-refractivity contribution in [3.05, 3.63) is 127 Å². The first-order valence-corrected chi connectivity index (χ1v) is 14.7. The molecule has 6 aromatic carbocycles. The molecule has 5 heteroatoms. The summed E-state index contributed by atoms with van der Waals surface area (Å²) in [6.45, 7) is 0. The molecular weight excluding hydrogens is 519 g/mol. The molecule has 41 heavy (non-hydrogen) atoms. The Labute approximate surface area is 243 Å². The van der Waals surface area contributed by atoms with E-state index in [1.54, 1.807) is 0 Å². The standard InChI is InChI=1S/C36H23BN2OS/c1-2-10-22(11-3-1)23-20-25(24-12-8-19-33-35(24)38-27-14-4-7-18-32(27)41-33)34-29(21-23)39-28-15-5-6-16-30(28)40-31-17-9-13-26(37-34)36(31)39/h1-21,37-38H. The number of fused-ring (bicyclic) bond motifs is 6. The zero-order chi connectivity index (χ0) is 26.9. The average Bonchev–Trinajstić information content (AvgIpc) is 3.03. The summed E-state index contributed by atoms with van der Waals surface area (Å²) in [7, 11) is 0.832. The first kappa shape index (κ1) is 22.9. The summed E-state index contributed by atoms with van der Waals surface area (Å²) in [5.74, 6) is 1.79. The van der Waals surface area contributed by atoms with Gasteiger partial charge in [0.15, 0.2) is 18.8 Å². The summed E-state index contributed by atoms with van der Waals surface area (Å²) >= 11 is 1.84. The number of para-hydroxylation sites is 5. The van der Waals surface area contributed by atoms with E-state index in [1.165, 1.54) is 54.3 Å². The normalized spacial score (nSPS) is 13.3. The van der Waals surface area contributed by atoms with Gasteiger partial charge in [-0.25, -0.2) is 0 Å². The van der Waals surface area contributed by atoms with Gasteiger partial charge in [-0.05, 0) is 70.7 Å². The molecule has 0 aromatic heterocycles. The Morgan fingerprint density at radius 1 is 0.610 bits per heavy atom. The second kappa shape index (κ2) is 8.82. The van der Waals surface area contributed by atoms with Crippen molar-refractivity contribution >= 4 is 58.4 Å². The molecule has 0 bridgehead atoms. The fourth-order valence-electron chi connectivity index (χ4n) is 6.42. The van der Waals surface area contributed by atoms with E-state index in [9.17, 15) is 0 Å². The van der Waals surface area contributed by atoms with Crippen LogP contribution in [0.1, 0.15) is 0 Å². The van der Waals surface area contributed by atoms with Crippen LogP contribution in [0.25, 0.3) is 22.3 Å². The predicted molar refractivity (Wildman–Crippen MR) is 172 cm³/mol. The number of rotatable bonds is 2. The summed E-state index contributed by atoms with van der Waals surface area (Å²) in [4.78, 5) is 4.92. The number of hydrogen-bond donors (Lipinski definition) is 1. The van der Waals surface area contributed by atoms with Gasteiger partial charge in [0.25, 0.3) is 0 Å². The molecule has 0 fully saturated rings. The average molecular weight is 542 g/mol. The van der Waals surface area contributed by atoms with E-state index in [1.807, 2.05) is 17.8 Å². The fraction of sp³-hybridized carbons (Fsp3) is 0. The van der Waals surface area contributed by atoms with Crippen molar-refractivity contribution in [1.82, 2.24) is 0 Å². The highest BCUT2D eigenvalue weighted by atomic mass is 32.2. The maximum absolute atomic E-state index is 6.42. The summed E-state index contributed by atoms with van der Waals surface area (Å²) in [5, 5.41) is 3.80. The summed E-state index contributed by atoms with van der Waals surface area (Å²) < 4.78 is 6.42. The highest BCUT2D eigenvalue weighted by molar-refractivity contribution is 7.99. The molecule has 3 heterocycles. The smallest absolute Gasteiger partial charge is 0.198 e. The van der Waals surface area contributed by atoms with Gasteiger partial charge in [-0.2, -0.15) is 0 Å².